The summed E-state index contributed by atoms with van der Waals surface area (Å²) in [4.78, 5) is 2.28. The second-order valence-electron chi connectivity index (χ2n) is 7.80. The monoisotopic (exact) mass is 399 g/mol. The van der Waals surface area contributed by atoms with Gasteiger partial charge in [0.25, 0.3) is 0 Å². The van der Waals surface area contributed by atoms with Crippen LogP contribution in [0.2, 0.25) is 5.02 Å². The molecule has 0 atom stereocenters. The minimum absolute atomic E-state index is 0.260. The third kappa shape index (κ3) is 5.54. The third-order valence-electron chi connectivity index (χ3n) is 5.75. The Morgan fingerprint density at radius 3 is 2.32 bits per heavy atom. The average molecular weight is 400 g/mol. The van der Waals surface area contributed by atoms with Crippen LogP contribution in [0.15, 0.2) is 42.5 Å². The molecule has 0 spiro atoms. The van der Waals surface area contributed by atoms with E-state index in [4.69, 9.17) is 22.6 Å². The van der Waals surface area contributed by atoms with Crippen LogP contribution in [0.25, 0.3) is 0 Å². The topological polar surface area (TPSA) is 53.0 Å². The molecule has 0 aliphatic heterocycles. The number of nitrogens with two attached hydrogens (primary N) is 1. The van der Waals surface area contributed by atoms with Crippen molar-refractivity contribution >= 4 is 11.6 Å². The van der Waals surface area contributed by atoms with Gasteiger partial charge in [0.05, 0.1) is 11.6 Å². The summed E-state index contributed by atoms with van der Waals surface area (Å²) in [6.45, 7) is 2.85. The highest BCUT2D eigenvalue weighted by molar-refractivity contribution is 6.31. The Bertz CT molecular complexity index is 787. The molecule has 2 aromatic carbocycles. The van der Waals surface area contributed by atoms with E-state index in [9.17, 15) is 4.39 Å². The molecule has 1 aliphatic rings. The highest BCUT2D eigenvalue weighted by Gasteiger charge is 2.23. The van der Waals surface area contributed by atoms with Crippen LogP contribution in [-0.4, -0.2) is 18.0 Å². The van der Waals surface area contributed by atoms with Crippen molar-refractivity contribution in [3.63, 3.8) is 0 Å². The maximum absolute atomic E-state index is 14.4. The Balaban J connectivity index is 1.74. The molecule has 1 aliphatic carbocycles. The lowest BCUT2D eigenvalue weighted by Gasteiger charge is -2.32. The fraction of sp³-hybridized carbons (Fsp3) is 0.435. The molecule has 3 rings (SSSR count). The molecule has 2 N–H and O–H groups in total. The molecule has 5 heteroatoms. The standard InChI is InChI=1S/C23H27ClFN3/c24-22-2-1-3-23(25)21(22)16-28(14-19-8-4-17(12-26)5-9-19)15-20-10-6-18(13-27)7-11-20/h1-5,8-9,18,20H,6-7,10-11,13-16,27H2. The Kier molecular flexibility index (Phi) is 7.44. The lowest BCUT2D eigenvalue weighted by molar-refractivity contribution is 0.168. The minimum atomic E-state index is -0.260. The molecule has 0 saturated heterocycles. The van der Waals surface area contributed by atoms with Gasteiger partial charge in [-0.15, -0.1) is 0 Å². The van der Waals surface area contributed by atoms with E-state index in [1.807, 2.05) is 24.3 Å². The van der Waals surface area contributed by atoms with E-state index in [0.29, 0.717) is 41.1 Å². The first kappa shape index (κ1) is 20.8. The molecule has 0 heterocycles. The van der Waals surface area contributed by atoms with Crippen LogP contribution in [0.3, 0.4) is 0 Å². The maximum Gasteiger partial charge on any atom is 0.129 e. The number of benzene rings is 2. The maximum atomic E-state index is 14.4. The molecule has 0 amide bonds. The molecule has 0 radical (unpaired) electrons. The molecular formula is C23H27ClFN3. The van der Waals surface area contributed by atoms with Gasteiger partial charge < -0.3 is 5.73 Å². The van der Waals surface area contributed by atoms with E-state index in [2.05, 4.69) is 11.0 Å². The van der Waals surface area contributed by atoms with E-state index in [-0.39, 0.29) is 5.82 Å². The number of nitrogens with zero attached hydrogens (tertiary/aromatic N) is 2. The number of hydrogen-bond acceptors (Lipinski definition) is 3. The first-order valence-corrected chi connectivity index (χ1v) is 10.3. The first-order chi connectivity index (χ1) is 13.6. The second-order valence-corrected chi connectivity index (χ2v) is 8.21. The van der Waals surface area contributed by atoms with Gasteiger partial charge in [0.1, 0.15) is 5.82 Å². The van der Waals surface area contributed by atoms with Crippen LogP contribution in [-0.2, 0) is 13.1 Å². The Morgan fingerprint density at radius 1 is 1.04 bits per heavy atom. The van der Waals surface area contributed by atoms with Gasteiger partial charge in [0.2, 0.25) is 0 Å². The van der Waals surface area contributed by atoms with Crippen LogP contribution in [0, 0.1) is 29.0 Å². The molecule has 0 aromatic heterocycles. The van der Waals surface area contributed by atoms with Gasteiger partial charge in [-0.25, -0.2) is 4.39 Å². The minimum Gasteiger partial charge on any atom is -0.330 e. The van der Waals surface area contributed by atoms with Crippen molar-refractivity contribution in [2.24, 2.45) is 17.6 Å². The third-order valence-corrected chi connectivity index (χ3v) is 6.10. The van der Waals surface area contributed by atoms with Gasteiger partial charge in [-0.05, 0) is 73.9 Å². The van der Waals surface area contributed by atoms with E-state index in [0.717, 1.165) is 31.5 Å². The van der Waals surface area contributed by atoms with Gasteiger partial charge >= 0.3 is 0 Å². The molecule has 28 heavy (non-hydrogen) atoms. The van der Waals surface area contributed by atoms with Crippen LogP contribution in [0.4, 0.5) is 4.39 Å². The predicted molar refractivity (Wildman–Crippen MR) is 111 cm³/mol. The SMILES string of the molecule is N#Cc1ccc(CN(Cc2c(F)cccc2Cl)CC2CCC(CN)CC2)cc1. The molecule has 3 nitrogen and oxygen atoms in total. The Hall–Kier alpha value is -1.93. The fourth-order valence-electron chi connectivity index (χ4n) is 4.05. The summed E-state index contributed by atoms with van der Waals surface area (Å²) in [5.74, 6) is 0.972. The van der Waals surface area contributed by atoms with Gasteiger partial charge in [0.15, 0.2) is 0 Å². The predicted octanol–water partition coefficient (Wildman–Crippen LogP) is 5.12. The molecule has 1 fully saturated rings. The zero-order valence-corrected chi connectivity index (χ0v) is 16.8. The number of nitriles is 1. The van der Waals surface area contributed by atoms with E-state index in [1.54, 1.807) is 12.1 Å². The highest BCUT2D eigenvalue weighted by atomic mass is 35.5. The van der Waals surface area contributed by atoms with Crippen LogP contribution < -0.4 is 5.73 Å². The molecule has 148 valence electrons. The molecular weight excluding hydrogens is 373 g/mol. The lowest BCUT2D eigenvalue weighted by Crippen LogP contribution is -2.32. The normalized spacial score (nSPS) is 19.5. The van der Waals surface area contributed by atoms with Crippen molar-refractivity contribution in [2.75, 3.05) is 13.1 Å². The van der Waals surface area contributed by atoms with Crippen LogP contribution >= 0.6 is 11.6 Å². The molecule has 1 saturated carbocycles. The first-order valence-electron chi connectivity index (χ1n) is 9.93. The summed E-state index contributed by atoms with van der Waals surface area (Å²) in [7, 11) is 0. The largest absolute Gasteiger partial charge is 0.330 e. The van der Waals surface area contributed by atoms with Crippen LogP contribution in [0.5, 0.6) is 0 Å². The molecule has 0 unspecified atom stereocenters. The quantitative estimate of drug-likeness (QED) is 0.703. The molecule has 2 aromatic rings. The number of rotatable bonds is 7. The summed E-state index contributed by atoms with van der Waals surface area (Å²) < 4.78 is 14.4. The summed E-state index contributed by atoms with van der Waals surface area (Å²) in [6.07, 6.45) is 4.67. The summed E-state index contributed by atoms with van der Waals surface area (Å²) in [5.41, 5.74) is 8.13. The Labute approximate surface area is 171 Å². The van der Waals surface area contributed by atoms with Gasteiger partial charge in [0, 0.05) is 30.2 Å². The van der Waals surface area contributed by atoms with Gasteiger partial charge in [-0.3, -0.25) is 4.90 Å². The summed E-state index contributed by atoms with van der Waals surface area (Å²) >= 11 is 6.28. The van der Waals surface area contributed by atoms with Crippen molar-refractivity contribution in [1.82, 2.24) is 4.90 Å². The number of hydrogen-bond donors (Lipinski definition) is 1. The summed E-state index contributed by atoms with van der Waals surface area (Å²) in [6, 6.07) is 14.6. The van der Waals surface area contributed by atoms with Crippen LogP contribution in [0.1, 0.15) is 42.4 Å². The lowest BCUT2D eigenvalue weighted by atomic mass is 9.82. The second kappa shape index (κ2) is 10.0. The smallest absolute Gasteiger partial charge is 0.129 e. The van der Waals surface area contributed by atoms with Crippen molar-refractivity contribution in [2.45, 2.75) is 38.8 Å². The van der Waals surface area contributed by atoms with E-state index in [1.165, 1.54) is 18.9 Å². The average Bonchev–Trinajstić information content (AvgIpc) is 2.72. The molecule has 0 bridgehead atoms. The van der Waals surface area contributed by atoms with Crippen molar-refractivity contribution in [3.8, 4) is 6.07 Å². The summed E-state index contributed by atoms with van der Waals surface area (Å²) in [5, 5.41) is 9.47. The number of halogens is 2. The zero-order valence-electron chi connectivity index (χ0n) is 16.1. The van der Waals surface area contributed by atoms with Crippen molar-refractivity contribution in [1.29, 1.82) is 5.26 Å². The van der Waals surface area contributed by atoms with E-state index < -0.39 is 0 Å². The van der Waals surface area contributed by atoms with Crippen molar-refractivity contribution in [3.05, 3.63) is 70.0 Å². The van der Waals surface area contributed by atoms with Crippen molar-refractivity contribution < 1.29 is 4.39 Å². The highest BCUT2D eigenvalue weighted by Crippen LogP contribution is 2.30. The van der Waals surface area contributed by atoms with Gasteiger partial charge in [-0.1, -0.05) is 29.8 Å². The fourth-order valence-corrected chi connectivity index (χ4v) is 4.27. The Morgan fingerprint density at radius 2 is 1.71 bits per heavy atom. The zero-order chi connectivity index (χ0) is 19.9. The van der Waals surface area contributed by atoms with E-state index >= 15 is 0 Å². The van der Waals surface area contributed by atoms with Gasteiger partial charge in [-0.2, -0.15) is 5.26 Å².